The van der Waals surface area contributed by atoms with Gasteiger partial charge in [0.05, 0.1) is 10.6 Å². The fourth-order valence-corrected chi connectivity index (χ4v) is 5.55. The number of amides is 2. The number of carbonyl (C=O) groups is 2. The summed E-state index contributed by atoms with van der Waals surface area (Å²) in [6, 6.07) is 13.1. The molecule has 0 bridgehead atoms. The number of piperidine rings is 1. The molecule has 2 aliphatic rings. The highest BCUT2D eigenvalue weighted by Crippen LogP contribution is 2.42. The normalized spacial score (nSPS) is 22.9. The standard InChI is InChI=1S/C24H25ClN2O2S/c1-15-10-16(2)14-27(13-15)23(28)18-8-9-21-20(11-18)26(3)24(29)22(30-21)12-17-6-4-5-7-19(17)25/h4-9,11-12,15-16H,10,13-14H2,1-3H3/b22-12-/t15-,16-/m0/s1. The molecule has 0 aromatic heterocycles. The third-order valence-electron chi connectivity index (χ3n) is 5.65. The number of hydrogen-bond donors (Lipinski definition) is 0. The number of hydrogen-bond acceptors (Lipinski definition) is 3. The van der Waals surface area contributed by atoms with E-state index in [1.54, 1.807) is 11.9 Å². The average Bonchev–Trinajstić information content (AvgIpc) is 2.72. The Kier molecular flexibility index (Phi) is 5.94. The lowest BCUT2D eigenvalue weighted by Crippen LogP contribution is -2.42. The van der Waals surface area contributed by atoms with Crippen molar-refractivity contribution in [1.29, 1.82) is 0 Å². The molecule has 2 aliphatic heterocycles. The molecular weight excluding hydrogens is 416 g/mol. The molecule has 0 N–H and O–H groups in total. The van der Waals surface area contributed by atoms with Crippen LogP contribution in [0, 0.1) is 11.8 Å². The number of thioether (sulfide) groups is 1. The van der Waals surface area contributed by atoms with E-state index in [-0.39, 0.29) is 11.8 Å². The summed E-state index contributed by atoms with van der Waals surface area (Å²) in [7, 11) is 1.75. The van der Waals surface area contributed by atoms with Crippen molar-refractivity contribution in [3.05, 3.63) is 63.5 Å². The molecule has 6 heteroatoms. The molecule has 30 heavy (non-hydrogen) atoms. The number of carbonyl (C=O) groups excluding carboxylic acids is 2. The van der Waals surface area contributed by atoms with Crippen molar-refractivity contribution in [2.24, 2.45) is 11.8 Å². The van der Waals surface area contributed by atoms with Crippen LogP contribution >= 0.6 is 23.4 Å². The number of halogens is 1. The van der Waals surface area contributed by atoms with Gasteiger partial charge >= 0.3 is 0 Å². The monoisotopic (exact) mass is 440 g/mol. The Labute approximate surface area is 186 Å². The quantitative estimate of drug-likeness (QED) is 0.573. The van der Waals surface area contributed by atoms with E-state index < -0.39 is 0 Å². The molecule has 0 unspecified atom stereocenters. The Bertz CT molecular complexity index is 1030. The zero-order chi connectivity index (χ0) is 21.4. The molecule has 156 valence electrons. The van der Waals surface area contributed by atoms with E-state index in [9.17, 15) is 9.59 Å². The van der Waals surface area contributed by atoms with Crippen molar-refractivity contribution >= 4 is 46.9 Å². The van der Waals surface area contributed by atoms with Crippen LogP contribution in [0.25, 0.3) is 6.08 Å². The average molecular weight is 441 g/mol. The van der Waals surface area contributed by atoms with Gasteiger partial charge in [0.2, 0.25) is 0 Å². The van der Waals surface area contributed by atoms with Gasteiger partial charge in [-0.05, 0) is 54.2 Å². The summed E-state index contributed by atoms with van der Waals surface area (Å²) in [6.07, 6.45) is 2.98. The summed E-state index contributed by atoms with van der Waals surface area (Å²) in [5.74, 6) is 0.956. The highest BCUT2D eigenvalue weighted by molar-refractivity contribution is 8.04. The van der Waals surface area contributed by atoms with Crippen LogP contribution in [-0.4, -0.2) is 36.9 Å². The van der Waals surface area contributed by atoms with Gasteiger partial charge in [-0.1, -0.05) is 55.4 Å². The first-order valence-corrected chi connectivity index (χ1v) is 11.4. The lowest BCUT2D eigenvalue weighted by atomic mass is 9.91. The minimum atomic E-state index is -0.0998. The third-order valence-corrected chi connectivity index (χ3v) is 7.07. The molecule has 2 heterocycles. The summed E-state index contributed by atoms with van der Waals surface area (Å²) in [4.78, 5) is 31.2. The smallest absolute Gasteiger partial charge is 0.264 e. The van der Waals surface area contributed by atoms with Crippen LogP contribution in [0.4, 0.5) is 5.69 Å². The fraction of sp³-hybridized carbons (Fsp3) is 0.333. The van der Waals surface area contributed by atoms with Crippen LogP contribution in [0.5, 0.6) is 0 Å². The second kappa shape index (κ2) is 8.48. The third kappa shape index (κ3) is 4.14. The minimum absolute atomic E-state index is 0.0412. The maximum Gasteiger partial charge on any atom is 0.264 e. The first-order chi connectivity index (χ1) is 14.3. The second-order valence-electron chi connectivity index (χ2n) is 8.34. The molecule has 4 rings (SSSR count). The largest absolute Gasteiger partial charge is 0.338 e. The first kappa shape index (κ1) is 21.0. The molecule has 1 saturated heterocycles. The lowest BCUT2D eigenvalue weighted by molar-refractivity contribution is -0.114. The van der Waals surface area contributed by atoms with Gasteiger partial charge in [-0.15, -0.1) is 0 Å². The van der Waals surface area contributed by atoms with Crippen molar-refractivity contribution in [3.8, 4) is 0 Å². The van der Waals surface area contributed by atoms with Crippen LogP contribution in [0.3, 0.4) is 0 Å². The van der Waals surface area contributed by atoms with E-state index in [0.29, 0.717) is 27.3 Å². The van der Waals surface area contributed by atoms with Crippen LogP contribution in [0.2, 0.25) is 5.02 Å². The Morgan fingerprint density at radius 2 is 1.83 bits per heavy atom. The summed E-state index contributed by atoms with van der Waals surface area (Å²) in [5, 5.41) is 0.609. The summed E-state index contributed by atoms with van der Waals surface area (Å²) in [5.41, 5.74) is 2.21. The van der Waals surface area contributed by atoms with E-state index >= 15 is 0 Å². The van der Waals surface area contributed by atoms with Gasteiger partial charge in [-0.3, -0.25) is 9.59 Å². The van der Waals surface area contributed by atoms with Crippen molar-refractivity contribution in [2.75, 3.05) is 25.0 Å². The van der Waals surface area contributed by atoms with Crippen molar-refractivity contribution in [3.63, 3.8) is 0 Å². The van der Waals surface area contributed by atoms with Gasteiger partial charge in [0.1, 0.15) is 0 Å². The van der Waals surface area contributed by atoms with E-state index in [4.69, 9.17) is 11.6 Å². The predicted molar refractivity (Wildman–Crippen MR) is 124 cm³/mol. The SMILES string of the molecule is C[C@H]1C[C@H](C)CN(C(=O)c2ccc3c(c2)N(C)C(=O)/C(=C/c2ccccc2Cl)S3)C1. The molecule has 0 saturated carbocycles. The number of anilines is 1. The summed E-state index contributed by atoms with van der Waals surface area (Å²) in [6.45, 7) is 5.96. The Hall–Kier alpha value is -2.24. The van der Waals surface area contributed by atoms with Gasteiger partial charge in [0, 0.05) is 35.6 Å². The molecule has 0 radical (unpaired) electrons. The molecular formula is C24H25ClN2O2S. The number of nitrogens with zero attached hydrogens (tertiary/aromatic N) is 2. The Balaban J connectivity index is 1.62. The van der Waals surface area contributed by atoms with Crippen molar-refractivity contribution in [1.82, 2.24) is 4.90 Å². The van der Waals surface area contributed by atoms with Crippen molar-refractivity contribution < 1.29 is 9.59 Å². The molecule has 0 aliphatic carbocycles. The Morgan fingerprint density at radius 1 is 1.13 bits per heavy atom. The number of likely N-dealkylation sites (tertiary alicyclic amines) is 1. The van der Waals surface area contributed by atoms with Gasteiger partial charge in [-0.2, -0.15) is 0 Å². The number of rotatable bonds is 2. The molecule has 2 aromatic carbocycles. The van der Waals surface area contributed by atoms with Gasteiger partial charge < -0.3 is 9.80 Å². The van der Waals surface area contributed by atoms with Crippen LogP contribution in [-0.2, 0) is 4.79 Å². The van der Waals surface area contributed by atoms with Crippen LogP contribution in [0.15, 0.2) is 52.3 Å². The maximum atomic E-state index is 13.1. The topological polar surface area (TPSA) is 40.6 Å². The van der Waals surface area contributed by atoms with Crippen LogP contribution < -0.4 is 4.90 Å². The highest BCUT2D eigenvalue weighted by atomic mass is 35.5. The zero-order valence-electron chi connectivity index (χ0n) is 17.4. The zero-order valence-corrected chi connectivity index (χ0v) is 19.0. The maximum absolute atomic E-state index is 13.1. The fourth-order valence-electron chi connectivity index (χ4n) is 4.27. The second-order valence-corrected chi connectivity index (χ2v) is 9.83. The van der Waals surface area contributed by atoms with Gasteiger partial charge in [-0.25, -0.2) is 0 Å². The van der Waals surface area contributed by atoms with Crippen LogP contribution in [0.1, 0.15) is 36.2 Å². The minimum Gasteiger partial charge on any atom is -0.338 e. The summed E-state index contributed by atoms with van der Waals surface area (Å²) < 4.78 is 0. The first-order valence-electron chi connectivity index (χ1n) is 10.2. The van der Waals surface area contributed by atoms with E-state index in [2.05, 4.69) is 13.8 Å². The number of benzene rings is 2. The van der Waals surface area contributed by atoms with Crippen molar-refractivity contribution in [2.45, 2.75) is 25.2 Å². The molecule has 4 nitrogen and oxygen atoms in total. The van der Waals surface area contributed by atoms with Gasteiger partial charge in [0.25, 0.3) is 11.8 Å². The molecule has 2 amide bonds. The number of fused-ring (bicyclic) bond motifs is 1. The molecule has 1 fully saturated rings. The van der Waals surface area contributed by atoms with E-state index in [1.165, 1.54) is 11.8 Å². The lowest BCUT2D eigenvalue weighted by Gasteiger charge is -2.35. The number of likely N-dealkylation sites (N-methyl/N-ethyl adjacent to an activating group) is 1. The molecule has 0 spiro atoms. The highest BCUT2D eigenvalue weighted by Gasteiger charge is 2.30. The molecule has 2 aromatic rings. The van der Waals surface area contributed by atoms with Gasteiger partial charge in [0.15, 0.2) is 0 Å². The van der Waals surface area contributed by atoms with E-state index in [0.717, 1.165) is 35.7 Å². The predicted octanol–water partition coefficient (Wildman–Crippen LogP) is 5.57. The van der Waals surface area contributed by atoms with E-state index in [1.807, 2.05) is 53.4 Å². The molecule has 2 atom stereocenters. The Morgan fingerprint density at radius 3 is 2.53 bits per heavy atom. The summed E-state index contributed by atoms with van der Waals surface area (Å²) >= 11 is 7.67.